The third-order valence-electron chi connectivity index (χ3n) is 7.78. The number of aliphatic imine (C=N–C) groups is 1. The van der Waals surface area contributed by atoms with Gasteiger partial charge in [0, 0.05) is 30.7 Å². The number of anilines is 1. The molecule has 1 fully saturated rings. The van der Waals surface area contributed by atoms with Gasteiger partial charge in [0.25, 0.3) is 0 Å². The molecule has 2 aliphatic rings. The van der Waals surface area contributed by atoms with Crippen molar-refractivity contribution in [1.82, 2.24) is 4.90 Å². The smallest absolute Gasteiger partial charge is 0.235 e. The minimum atomic E-state index is -0.737. The standard InChI is InChI=1S/C29H31N5OS/c1-19-7-4-5-10-24(19)34-13-11-21(12-14-34)26-27(35)33(3)28(31)32-29(26,2)25-16-23(18-36-25)22-9-6-8-20(15-22)17-30/h4-10,15-16,18,21,26H,11-14H2,1-3H3,(H2,31,32)/t26-,29+/m0/s1. The quantitative estimate of drug-likeness (QED) is 0.541. The van der Waals surface area contributed by atoms with E-state index in [1.165, 1.54) is 16.2 Å². The Bertz CT molecular complexity index is 1360. The molecule has 36 heavy (non-hydrogen) atoms. The molecule has 0 spiro atoms. The summed E-state index contributed by atoms with van der Waals surface area (Å²) in [5.41, 5.74) is 10.7. The Morgan fingerprint density at radius 1 is 1.11 bits per heavy atom. The summed E-state index contributed by atoms with van der Waals surface area (Å²) in [4.78, 5) is 23.6. The van der Waals surface area contributed by atoms with Gasteiger partial charge >= 0.3 is 0 Å². The topological polar surface area (TPSA) is 85.7 Å². The minimum absolute atomic E-state index is 0.0424. The number of piperidine rings is 1. The Labute approximate surface area is 216 Å². The summed E-state index contributed by atoms with van der Waals surface area (Å²) in [6.45, 7) is 6.03. The highest BCUT2D eigenvalue weighted by Crippen LogP contribution is 2.47. The molecule has 6 nitrogen and oxygen atoms in total. The second-order valence-corrected chi connectivity index (χ2v) is 10.9. The number of nitrogens with two attached hydrogens (primary N) is 1. The number of amides is 1. The maximum atomic E-state index is 13.7. The van der Waals surface area contributed by atoms with Gasteiger partial charge in [0.1, 0.15) is 5.54 Å². The van der Waals surface area contributed by atoms with E-state index in [0.717, 1.165) is 41.9 Å². The van der Waals surface area contributed by atoms with Gasteiger partial charge in [0.05, 0.1) is 17.6 Å². The van der Waals surface area contributed by atoms with Gasteiger partial charge in [0.2, 0.25) is 5.91 Å². The van der Waals surface area contributed by atoms with Crippen LogP contribution in [0.25, 0.3) is 11.1 Å². The van der Waals surface area contributed by atoms with Crippen molar-refractivity contribution in [2.75, 3.05) is 25.0 Å². The zero-order valence-electron chi connectivity index (χ0n) is 20.9. The molecule has 2 aliphatic heterocycles. The molecule has 0 aliphatic carbocycles. The van der Waals surface area contributed by atoms with E-state index in [2.05, 4.69) is 60.5 Å². The van der Waals surface area contributed by atoms with Crippen LogP contribution < -0.4 is 10.6 Å². The molecule has 2 N–H and O–H groups in total. The summed E-state index contributed by atoms with van der Waals surface area (Å²) in [5, 5.41) is 11.4. The molecule has 2 aromatic carbocycles. The number of guanidine groups is 1. The van der Waals surface area contributed by atoms with Crippen LogP contribution >= 0.6 is 11.3 Å². The van der Waals surface area contributed by atoms with Gasteiger partial charge in [-0.25, -0.2) is 4.99 Å². The lowest BCUT2D eigenvalue weighted by molar-refractivity contribution is -0.136. The van der Waals surface area contributed by atoms with Crippen molar-refractivity contribution >= 4 is 28.9 Å². The first-order valence-electron chi connectivity index (χ1n) is 12.3. The normalized spacial score (nSPS) is 22.9. The minimum Gasteiger partial charge on any atom is -0.371 e. The fourth-order valence-electron chi connectivity index (χ4n) is 5.73. The summed E-state index contributed by atoms with van der Waals surface area (Å²) in [6, 6.07) is 20.4. The fourth-order valence-corrected chi connectivity index (χ4v) is 6.79. The van der Waals surface area contributed by atoms with Crippen LogP contribution in [0.2, 0.25) is 0 Å². The van der Waals surface area contributed by atoms with E-state index in [9.17, 15) is 10.1 Å². The Kier molecular flexibility index (Phi) is 6.31. The van der Waals surface area contributed by atoms with Crippen LogP contribution in [0, 0.1) is 30.1 Å². The van der Waals surface area contributed by atoms with Gasteiger partial charge in [-0.15, -0.1) is 11.3 Å². The van der Waals surface area contributed by atoms with Crippen LogP contribution in [-0.4, -0.2) is 36.9 Å². The van der Waals surface area contributed by atoms with E-state index < -0.39 is 5.54 Å². The molecule has 1 aromatic heterocycles. The van der Waals surface area contributed by atoms with Crippen LogP contribution in [0.5, 0.6) is 0 Å². The molecule has 0 saturated carbocycles. The average Bonchev–Trinajstić information content (AvgIpc) is 3.40. The van der Waals surface area contributed by atoms with Crippen molar-refractivity contribution in [3.8, 4) is 17.2 Å². The Morgan fingerprint density at radius 2 is 1.86 bits per heavy atom. The van der Waals surface area contributed by atoms with Crippen molar-refractivity contribution in [3.05, 3.63) is 76.0 Å². The Hall–Kier alpha value is -3.63. The van der Waals surface area contributed by atoms with Crippen molar-refractivity contribution in [2.24, 2.45) is 22.6 Å². The number of carbonyl (C=O) groups excluding carboxylic acids is 1. The summed E-state index contributed by atoms with van der Waals surface area (Å²) in [7, 11) is 1.73. The highest BCUT2D eigenvalue weighted by Gasteiger charge is 2.51. The average molecular weight is 498 g/mol. The van der Waals surface area contributed by atoms with E-state index in [4.69, 9.17) is 10.7 Å². The summed E-state index contributed by atoms with van der Waals surface area (Å²) >= 11 is 1.61. The number of aryl methyl sites for hydroxylation is 1. The molecule has 3 heterocycles. The molecule has 1 saturated heterocycles. The Balaban J connectivity index is 1.46. The van der Waals surface area contributed by atoms with Gasteiger partial charge in [-0.3, -0.25) is 9.69 Å². The number of thiophene rings is 1. The number of para-hydroxylation sites is 1. The molecule has 1 amide bonds. The summed E-state index contributed by atoms with van der Waals surface area (Å²) in [6.07, 6.45) is 1.85. The number of carbonyl (C=O) groups is 1. The van der Waals surface area contributed by atoms with E-state index in [1.54, 1.807) is 24.5 Å². The van der Waals surface area contributed by atoms with Crippen molar-refractivity contribution in [2.45, 2.75) is 32.2 Å². The highest BCUT2D eigenvalue weighted by molar-refractivity contribution is 7.10. The zero-order chi connectivity index (χ0) is 25.4. The summed E-state index contributed by atoms with van der Waals surface area (Å²) in [5.74, 6) is 0.221. The molecule has 2 atom stereocenters. The van der Waals surface area contributed by atoms with Crippen LogP contribution in [0.1, 0.15) is 35.8 Å². The van der Waals surface area contributed by atoms with Gasteiger partial charge < -0.3 is 10.6 Å². The lowest BCUT2D eigenvalue weighted by Gasteiger charge is -2.46. The van der Waals surface area contributed by atoms with Crippen LogP contribution in [0.4, 0.5) is 5.69 Å². The predicted octanol–water partition coefficient (Wildman–Crippen LogP) is 5.13. The number of nitrogens with zero attached hydrogens (tertiary/aromatic N) is 4. The lowest BCUT2D eigenvalue weighted by atomic mass is 9.70. The van der Waals surface area contributed by atoms with Gasteiger partial charge in [-0.1, -0.05) is 30.3 Å². The number of benzene rings is 2. The maximum absolute atomic E-state index is 13.7. The predicted molar refractivity (Wildman–Crippen MR) is 146 cm³/mol. The maximum Gasteiger partial charge on any atom is 0.235 e. The molecule has 184 valence electrons. The van der Waals surface area contributed by atoms with Crippen LogP contribution in [0.3, 0.4) is 0 Å². The van der Waals surface area contributed by atoms with Crippen LogP contribution in [-0.2, 0) is 10.3 Å². The SMILES string of the molecule is Cc1ccccc1N1CCC([C@H]2C(=O)N(C)C(N)=N[C@]2(C)c2cc(-c3cccc(C#N)c3)cs2)CC1. The van der Waals surface area contributed by atoms with Crippen LogP contribution in [0.15, 0.2) is 65.0 Å². The molecule has 3 aromatic rings. The van der Waals surface area contributed by atoms with E-state index >= 15 is 0 Å². The molecule has 0 radical (unpaired) electrons. The first-order valence-corrected chi connectivity index (χ1v) is 13.2. The Morgan fingerprint density at radius 3 is 2.58 bits per heavy atom. The third-order valence-corrected chi connectivity index (χ3v) is 8.94. The molecular formula is C29H31N5OS. The molecule has 0 bridgehead atoms. The van der Waals surface area contributed by atoms with Crippen molar-refractivity contribution in [1.29, 1.82) is 5.26 Å². The van der Waals surface area contributed by atoms with Crippen molar-refractivity contribution < 1.29 is 4.79 Å². The number of nitriles is 1. The monoisotopic (exact) mass is 497 g/mol. The second kappa shape index (κ2) is 9.44. The molecule has 7 heteroatoms. The first-order chi connectivity index (χ1) is 17.3. The fraction of sp³-hybridized carbons (Fsp3) is 0.345. The lowest BCUT2D eigenvalue weighted by Crippen LogP contribution is -2.56. The molecular weight excluding hydrogens is 466 g/mol. The second-order valence-electron chi connectivity index (χ2n) is 10.00. The van der Waals surface area contributed by atoms with Gasteiger partial charge in [-0.2, -0.15) is 5.26 Å². The highest BCUT2D eigenvalue weighted by atomic mass is 32.1. The largest absolute Gasteiger partial charge is 0.371 e. The first kappa shape index (κ1) is 24.1. The molecule has 0 unspecified atom stereocenters. The number of rotatable bonds is 4. The summed E-state index contributed by atoms with van der Waals surface area (Å²) < 4.78 is 0. The number of hydrogen-bond donors (Lipinski definition) is 1. The molecule has 5 rings (SSSR count). The van der Waals surface area contributed by atoms with Gasteiger partial charge in [-0.05, 0) is 78.9 Å². The van der Waals surface area contributed by atoms with Crippen molar-refractivity contribution in [3.63, 3.8) is 0 Å². The van der Waals surface area contributed by atoms with Gasteiger partial charge in [0.15, 0.2) is 5.96 Å². The van der Waals surface area contributed by atoms with E-state index in [0.29, 0.717) is 5.56 Å². The van der Waals surface area contributed by atoms with E-state index in [1.807, 2.05) is 18.2 Å². The van der Waals surface area contributed by atoms with E-state index in [-0.39, 0.29) is 23.7 Å². The third kappa shape index (κ3) is 4.16. The number of hydrogen-bond acceptors (Lipinski definition) is 6. The zero-order valence-corrected chi connectivity index (χ0v) is 21.8.